The molecule has 0 saturated carbocycles. The van der Waals surface area contributed by atoms with E-state index in [4.69, 9.17) is 16.3 Å². The van der Waals surface area contributed by atoms with Crippen molar-refractivity contribution in [2.75, 3.05) is 44.2 Å². The maximum atomic E-state index is 5.88. The Morgan fingerprint density at radius 3 is 2.38 bits per heavy atom. The van der Waals surface area contributed by atoms with Crippen molar-refractivity contribution in [3.63, 3.8) is 0 Å². The van der Waals surface area contributed by atoms with E-state index in [0.29, 0.717) is 0 Å². The molecule has 0 amide bonds. The molecule has 0 spiro atoms. The van der Waals surface area contributed by atoms with E-state index >= 15 is 0 Å². The van der Waals surface area contributed by atoms with E-state index in [2.05, 4.69) is 41.8 Å². The average molecular weight is 373 g/mol. The van der Waals surface area contributed by atoms with Crippen molar-refractivity contribution in [2.24, 2.45) is 0 Å². The molecule has 1 saturated heterocycles. The van der Waals surface area contributed by atoms with Crippen LogP contribution in [0.4, 0.5) is 5.69 Å². The van der Waals surface area contributed by atoms with Crippen LogP contribution >= 0.6 is 11.6 Å². The number of benzene rings is 2. The van der Waals surface area contributed by atoms with Gasteiger partial charge in [0.25, 0.3) is 0 Å². The second-order valence-corrected chi connectivity index (χ2v) is 7.49. The molecule has 3 rings (SSSR count). The first-order valence-electron chi connectivity index (χ1n) is 9.55. The summed E-state index contributed by atoms with van der Waals surface area (Å²) in [4.78, 5) is 5.10. The predicted octanol–water partition coefficient (Wildman–Crippen LogP) is 4.94. The summed E-state index contributed by atoms with van der Waals surface area (Å²) in [5.41, 5.74) is 4.20. The van der Waals surface area contributed by atoms with Crippen LogP contribution in [0.5, 0.6) is 5.75 Å². The first-order chi connectivity index (χ1) is 12.6. The van der Waals surface area contributed by atoms with Crippen LogP contribution in [0.3, 0.4) is 0 Å². The van der Waals surface area contributed by atoms with Gasteiger partial charge in [-0.2, -0.15) is 0 Å². The molecule has 140 valence electrons. The summed E-state index contributed by atoms with van der Waals surface area (Å²) >= 11 is 5.88. The lowest BCUT2D eigenvalue weighted by Crippen LogP contribution is -2.46. The molecule has 3 nitrogen and oxygen atoms in total. The van der Waals surface area contributed by atoms with Crippen molar-refractivity contribution >= 4 is 17.3 Å². The van der Waals surface area contributed by atoms with Crippen molar-refractivity contribution in [3.8, 4) is 5.75 Å². The van der Waals surface area contributed by atoms with Crippen molar-refractivity contribution in [1.82, 2.24) is 4.90 Å². The summed E-state index contributed by atoms with van der Waals surface area (Å²) in [5, 5.41) is 0.748. The minimum Gasteiger partial charge on any atom is -0.494 e. The Labute approximate surface area is 162 Å². The van der Waals surface area contributed by atoms with Crippen LogP contribution in [0.15, 0.2) is 42.5 Å². The highest BCUT2D eigenvalue weighted by atomic mass is 35.5. The number of hydrogen-bond acceptors (Lipinski definition) is 3. The molecule has 0 radical (unpaired) electrons. The van der Waals surface area contributed by atoms with Crippen LogP contribution in [-0.4, -0.2) is 44.2 Å². The number of piperazine rings is 1. The van der Waals surface area contributed by atoms with Crippen LogP contribution in [-0.2, 0) is 0 Å². The lowest BCUT2D eigenvalue weighted by Gasteiger charge is -2.37. The van der Waals surface area contributed by atoms with E-state index in [9.17, 15) is 0 Å². The first-order valence-corrected chi connectivity index (χ1v) is 9.93. The van der Waals surface area contributed by atoms with Crippen molar-refractivity contribution < 1.29 is 4.74 Å². The molecule has 26 heavy (non-hydrogen) atoms. The van der Waals surface area contributed by atoms with Gasteiger partial charge in [0.2, 0.25) is 0 Å². The summed E-state index contributed by atoms with van der Waals surface area (Å²) in [6, 6.07) is 14.2. The third-order valence-corrected chi connectivity index (χ3v) is 5.49. The van der Waals surface area contributed by atoms with E-state index < -0.39 is 0 Å². The van der Waals surface area contributed by atoms with Gasteiger partial charge in [0, 0.05) is 36.9 Å². The van der Waals surface area contributed by atoms with Crippen molar-refractivity contribution in [2.45, 2.75) is 26.7 Å². The maximum absolute atomic E-state index is 5.88. The zero-order valence-electron chi connectivity index (χ0n) is 15.9. The van der Waals surface area contributed by atoms with Crippen LogP contribution < -0.4 is 9.64 Å². The summed E-state index contributed by atoms with van der Waals surface area (Å²) in [5.74, 6) is 0.900. The first kappa shape index (κ1) is 19.1. The van der Waals surface area contributed by atoms with E-state index in [-0.39, 0.29) is 0 Å². The normalized spacial score (nSPS) is 15.3. The van der Waals surface area contributed by atoms with E-state index in [1.54, 1.807) is 0 Å². The van der Waals surface area contributed by atoms with E-state index in [0.717, 1.165) is 56.5 Å². The predicted molar refractivity (Wildman–Crippen MR) is 111 cm³/mol. The zero-order valence-corrected chi connectivity index (χ0v) is 16.6. The summed E-state index contributed by atoms with van der Waals surface area (Å²) in [7, 11) is 0. The number of halogens is 1. The molecule has 0 aromatic heterocycles. The molecule has 1 aliphatic rings. The van der Waals surface area contributed by atoms with Gasteiger partial charge in [-0.15, -0.1) is 0 Å². The fourth-order valence-electron chi connectivity index (χ4n) is 3.45. The number of rotatable bonds is 7. The molecule has 0 unspecified atom stereocenters. The molecule has 0 aliphatic carbocycles. The van der Waals surface area contributed by atoms with Gasteiger partial charge >= 0.3 is 0 Å². The molecule has 0 bridgehead atoms. The van der Waals surface area contributed by atoms with Gasteiger partial charge in [0.15, 0.2) is 0 Å². The highest BCUT2D eigenvalue weighted by Gasteiger charge is 2.18. The molecule has 0 N–H and O–H groups in total. The molecule has 1 aliphatic heterocycles. The van der Waals surface area contributed by atoms with Gasteiger partial charge in [-0.3, -0.25) is 4.90 Å². The lowest BCUT2D eigenvalue weighted by molar-refractivity contribution is 0.238. The van der Waals surface area contributed by atoms with Crippen LogP contribution in [0.25, 0.3) is 0 Å². The number of unbranched alkanes of at least 4 members (excludes halogenated alkanes) is 1. The SMILES string of the molecule is Cc1cccc(N2CCN(CCCCOc3ccc(Cl)cc3)CC2)c1C. The Hall–Kier alpha value is -1.71. The zero-order chi connectivity index (χ0) is 18.4. The van der Waals surface area contributed by atoms with E-state index in [1.807, 2.05) is 24.3 Å². The maximum Gasteiger partial charge on any atom is 0.119 e. The Kier molecular flexibility index (Phi) is 6.81. The monoisotopic (exact) mass is 372 g/mol. The summed E-state index contributed by atoms with van der Waals surface area (Å²) in [6.45, 7) is 10.9. The highest BCUT2D eigenvalue weighted by Crippen LogP contribution is 2.24. The van der Waals surface area contributed by atoms with Crippen LogP contribution in [0.2, 0.25) is 5.02 Å². The number of ether oxygens (including phenoxy) is 1. The Morgan fingerprint density at radius 2 is 1.65 bits per heavy atom. The molecule has 2 aromatic carbocycles. The second kappa shape index (κ2) is 9.29. The smallest absolute Gasteiger partial charge is 0.119 e. The van der Waals surface area contributed by atoms with Crippen molar-refractivity contribution in [3.05, 3.63) is 58.6 Å². The van der Waals surface area contributed by atoms with Gasteiger partial charge in [-0.1, -0.05) is 23.7 Å². The fourth-order valence-corrected chi connectivity index (χ4v) is 3.57. The highest BCUT2D eigenvalue weighted by molar-refractivity contribution is 6.30. The number of anilines is 1. The Bertz CT molecular complexity index is 694. The molecular formula is C22H29ClN2O. The Morgan fingerprint density at radius 1 is 0.923 bits per heavy atom. The van der Waals surface area contributed by atoms with Crippen LogP contribution in [0, 0.1) is 13.8 Å². The van der Waals surface area contributed by atoms with Gasteiger partial charge in [0.05, 0.1) is 6.61 Å². The van der Waals surface area contributed by atoms with Gasteiger partial charge in [0.1, 0.15) is 5.75 Å². The van der Waals surface area contributed by atoms with E-state index in [1.165, 1.54) is 23.2 Å². The number of hydrogen-bond donors (Lipinski definition) is 0. The summed E-state index contributed by atoms with van der Waals surface area (Å²) < 4.78 is 5.76. The average Bonchev–Trinajstić information content (AvgIpc) is 2.66. The van der Waals surface area contributed by atoms with Gasteiger partial charge in [-0.25, -0.2) is 0 Å². The third-order valence-electron chi connectivity index (χ3n) is 5.24. The second-order valence-electron chi connectivity index (χ2n) is 7.06. The number of aryl methyl sites for hydroxylation is 1. The number of nitrogens with zero attached hydrogens (tertiary/aromatic N) is 2. The van der Waals surface area contributed by atoms with Crippen molar-refractivity contribution in [1.29, 1.82) is 0 Å². The standard InChI is InChI=1S/C22H29ClN2O/c1-18-6-5-7-22(19(18)2)25-15-13-24(14-16-25)12-3-4-17-26-21-10-8-20(23)9-11-21/h5-11H,3-4,12-17H2,1-2H3. The molecular weight excluding hydrogens is 344 g/mol. The van der Waals surface area contributed by atoms with Gasteiger partial charge < -0.3 is 9.64 Å². The minimum atomic E-state index is 0.748. The van der Waals surface area contributed by atoms with Gasteiger partial charge in [-0.05, 0) is 74.7 Å². The Balaban J connectivity index is 1.34. The fraction of sp³-hybridized carbons (Fsp3) is 0.455. The quantitative estimate of drug-likeness (QED) is 0.640. The summed E-state index contributed by atoms with van der Waals surface area (Å²) in [6.07, 6.45) is 2.26. The molecule has 2 aromatic rings. The lowest BCUT2D eigenvalue weighted by atomic mass is 10.1. The molecule has 4 heteroatoms. The third kappa shape index (κ3) is 5.15. The molecule has 1 heterocycles. The molecule has 1 fully saturated rings. The largest absolute Gasteiger partial charge is 0.494 e. The van der Waals surface area contributed by atoms with Crippen LogP contribution in [0.1, 0.15) is 24.0 Å². The topological polar surface area (TPSA) is 15.7 Å². The molecule has 0 atom stereocenters. The minimum absolute atomic E-state index is 0.748.